The van der Waals surface area contributed by atoms with Crippen molar-refractivity contribution in [1.82, 2.24) is 15.0 Å². The van der Waals surface area contributed by atoms with Crippen LogP contribution in [-0.4, -0.2) is 15.0 Å². The Labute approximate surface area is 325 Å². The van der Waals surface area contributed by atoms with E-state index in [1.165, 1.54) is 47.1 Å². The zero-order valence-corrected chi connectivity index (χ0v) is 30.7. The summed E-state index contributed by atoms with van der Waals surface area (Å²) in [5.41, 5.74) is 6.71. The Morgan fingerprint density at radius 3 is 1.82 bits per heavy atom. The molecule has 0 saturated heterocycles. The van der Waals surface area contributed by atoms with Crippen LogP contribution < -0.4 is 0 Å². The fourth-order valence-electron chi connectivity index (χ4n) is 8.50. The summed E-state index contributed by atoms with van der Waals surface area (Å²) in [6.45, 7) is 0. The van der Waals surface area contributed by atoms with E-state index in [-0.39, 0.29) is 0 Å². The number of benzene rings is 9. The fourth-order valence-corrected chi connectivity index (χ4v) is 9.63. The number of fused-ring (bicyclic) bond motifs is 11. The average Bonchev–Trinajstić information content (AvgIpc) is 3.84. The molecule has 0 aliphatic carbocycles. The predicted molar refractivity (Wildman–Crippen MR) is 234 cm³/mol. The molecule has 5 heteroatoms. The third kappa shape index (κ3) is 4.81. The Bertz CT molecular complexity index is 3550. The lowest BCUT2D eigenvalue weighted by Crippen LogP contribution is -2.00. The minimum atomic E-state index is 0.606. The Kier molecular flexibility index (Phi) is 6.76. The van der Waals surface area contributed by atoms with Gasteiger partial charge in [0, 0.05) is 47.6 Å². The van der Waals surface area contributed by atoms with Crippen molar-refractivity contribution in [3.05, 3.63) is 176 Å². The molecule has 9 aromatic carbocycles. The molecule has 3 aromatic heterocycles. The SMILES string of the molecule is c1ccc(-c2nc(-c3cccc4oc5ccc(-c6ccc7c(ccc8c9ccccc9ccc78)c6)cc5c34)nc(-c3cccc4sc5ccccc5c34)n2)cc1. The molecule has 0 spiro atoms. The molecule has 4 nitrogen and oxygen atoms in total. The highest BCUT2D eigenvalue weighted by molar-refractivity contribution is 7.25. The molecule has 0 unspecified atom stereocenters. The standard InChI is InChI=1S/C51H29N3OS/c1-2-11-31(12-3-1)49-52-50(54-51(53-49)41-16-9-19-46-48(41)39-14-6-7-18-45(39)56-46)40-15-8-17-44-47(40)42-29-33(23-27-43(42)55-44)32-21-24-36-34(28-32)22-26-37-35-13-5-4-10-30(35)20-25-38(36)37/h1-29H. The quantitative estimate of drug-likeness (QED) is 0.169. The molecular formula is C51H29N3OS. The van der Waals surface area contributed by atoms with E-state index in [0.29, 0.717) is 17.5 Å². The molecule has 0 radical (unpaired) electrons. The number of furan rings is 1. The smallest absolute Gasteiger partial charge is 0.164 e. The number of aromatic nitrogens is 3. The minimum Gasteiger partial charge on any atom is -0.456 e. The molecule has 3 heterocycles. The molecule has 0 aliphatic rings. The second kappa shape index (κ2) is 12.2. The maximum absolute atomic E-state index is 6.51. The van der Waals surface area contributed by atoms with E-state index < -0.39 is 0 Å². The summed E-state index contributed by atoms with van der Waals surface area (Å²) < 4.78 is 8.96. The first kappa shape index (κ1) is 31.2. The van der Waals surface area contributed by atoms with Gasteiger partial charge in [0.1, 0.15) is 11.2 Å². The maximum atomic E-state index is 6.51. The van der Waals surface area contributed by atoms with Gasteiger partial charge >= 0.3 is 0 Å². The molecule has 12 aromatic rings. The zero-order valence-electron chi connectivity index (χ0n) is 29.9. The molecule has 0 amide bonds. The third-order valence-electron chi connectivity index (χ3n) is 11.1. The Morgan fingerprint density at radius 2 is 0.964 bits per heavy atom. The minimum absolute atomic E-state index is 0.606. The van der Waals surface area contributed by atoms with E-state index in [1.54, 1.807) is 11.3 Å². The van der Waals surface area contributed by atoms with Crippen molar-refractivity contribution in [1.29, 1.82) is 0 Å². The van der Waals surface area contributed by atoms with Crippen LogP contribution in [0, 0.1) is 0 Å². The summed E-state index contributed by atoms with van der Waals surface area (Å²) in [4.78, 5) is 15.6. The first-order valence-corrected chi connectivity index (χ1v) is 19.6. The third-order valence-corrected chi connectivity index (χ3v) is 12.3. The number of hydrogen-bond donors (Lipinski definition) is 0. The van der Waals surface area contributed by atoms with Gasteiger partial charge < -0.3 is 4.42 Å². The molecule has 0 atom stereocenters. The van der Waals surface area contributed by atoms with E-state index in [4.69, 9.17) is 19.4 Å². The van der Waals surface area contributed by atoms with Gasteiger partial charge in [-0.15, -0.1) is 11.3 Å². The lowest BCUT2D eigenvalue weighted by atomic mass is 9.94. The second-order valence-electron chi connectivity index (χ2n) is 14.3. The lowest BCUT2D eigenvalue weighted by molar-refractivity contribution is 0.669. The number of hydrogen-bond acceptors (Lipinski definition) is 5. The van der Waals surface area contributed by atoms with Gasteiger partial charge in [0.05, 0.1) is 0 Å². The molecule has 0 fully saturated rings. The topological polar surface area (TPSA) is 51.8 Å². The highest BCUT2D eigenvalue weighted by Gasteiger charge is 2.20. The maximum Gasteiger partial charge on any atom is 0.164 e. The van der Waals surface area contributed by atoms with Gasteiger partial charge in [-0.1, -0.05) is 140 Å². The number of rotatable bonds is 4. The van der Waals surface area contributed by atoms with Crippen molar-refractivity contribution in [2.75, 3.05) is 0 Å². The van der Waals surface area contributed by atoms with Crippen molar-refractivity contribution in [3.8, 4) is 45.3 Å². The Morgan fingerprint density at radius 1 is 0.339 bits per heavy atom. The second-order valence-corrected chi connectivity index (χ2v) is 15.4. The summed E-state index contributed by atoms with van der Waals surface area (Å²) in [5, 5.41) is 11.9. The molecular weight excluding hydrogens is 703 g/mol. The number of thiophene rings is 1. The van der Waals surface area contributed by atoms with Gasteiger partial charge in [-0.2, -0.15) is 0 Å². The molecule has 0 bridgehead atoms. The monoisotopic (exact) mass is 731 g/mol. The van der Waals surface area contributed by atoms with Crippen LogP contribution in [0.1, 0.15) is 0 Å². The molecule has 0 aliphatic heterocycles. The van der Waals surface area contributed by atoms with E-state index in [9.17, 15) is 0 Å². The van der Waals surface area contributed by atoms with E-state index >= 15 is 0 Å². The number of nitrogens with zero attached hydrogens (tertiary/aromatic N) is 3. The van der Waals surface area contributed by atoms with E-state index in [2.05, 4.69) is 146 Å². The summed E-state index contributed by atoms with van der Waals surface area (Å²) in [5.74, 6) is 1.88. The van der Waals surface area contributed by atoms with Crippen molar-refractivity contribution in [2.45, 2.75) is 0 Å². The van der Waals surface area contributed by atoms with Crippen molar-refractivity contribution < 1.29 is 4.42 Å². The summed E-state index contributed by atoms with van der Waals surface area (Å²) >= 11 is 1.79. The highest BCUT2D eigenvalue weighted by atomic mass is 32.1. The van der Waals surface area contributed by atoms with Crippen molar-refractivity contribution >= 4 is 85.8 Å². The normalized spacial score (nSPS) is 11.9. The van der Waals surface area contributed by atoms with Gasteiger partial charge in [-0.3, -0.25) is 0 Å². The Balaban J connectivity index is 1.04. The van der Waals surface area contributed by atoms with Crippen molar-refractivity contribution in [2.24, 2.45) is 0 Å². The van der Waals surface area contributed by atoms with Crippen LogP contribution in [0.3, 0.4) is 0 Å². The molecule has 260 valence electrons. The van der Waals surface area contributed by atoms with Gasteiger partial charge in [-0.05, 0) is 79.8 Å². The van der Waals surface area contributed by atoms with E-state index in [1.807, 2.05) is 30.3 Å². The molecule has 56 heavy (non-hydrogen) atoms. The first-order valence-electron chi connectivity index (χ1n) is 18.8. The summed E-state index contributed by atoms with van der Waals surface area (Å²) in [6, 6.07) is 62.2. The first-order chi connectivity index (χ1) is 27.7. The highest BCUT2D eigenvalue weighted by Crippen LogP contribution is 2.42. The Hall–Kier alpha value is -7.21. The van der Waals surface area contributed by atoms with Crippen LogP contribution in [0.15, 0.2) is 180 Å². The zero-order chi connectivity index (χ0) is 36.7. The molecule has 12 rings (SSSR count). The van der Waals surface area contributed by atoms with Gasteiger partial charge in [0.2, 0.25) is 0 Å². The van der Waals surface area contributed by atoms with Crippen LogP contribution in [-0.2, 0) is 0 Å². The predicted octanol–water partition coefficient (Wildman–Crippen LogP) is 14.3. The van der Waals surface area contributed by atoms with Crippen LogP contribution in [0.4, 0.5) is 0 Å². The van der Waals surface area contributed by atoms with Crippen LogP contribution in [0.25, 0.3) is 120 Å². The fraction of sp³-hybridized carbons (Fsp3) is 0. The summed E-state index contributed by atoms with van der Waals surface area (Å²) in [7, 11) is 0. The van der Waals surface area contributed by atoms with Crippen LogP contribution >= 0.6 is 11.3 Å². The largest absolute Gasteiger partial charge is 0.456 e. The van der Waals surface area contributed by atoms with Gasteiger partial charge in [0.25, 0.3) is 0 Å². The lowest BCUT2D eigenvalue weighted by Gasteiger charge is -2.11. The molecule has 0 saturated carbocycles. The van der Waals surface area contributed by atoms with E-state index in [0.717, 1.165) is 55.1 Å². The van der Waals surface area contributed by atoms with Crippen LogP contribution in [0.5, 0.6) is 0 Å². The average molecular weight is 732 g/mol. The van der Waals surface area contributed by atoms with Crippen molar-refractivity contribution in [3.63, 3.8) is 0 Å². The van der Waals surface area contributed by atoms with Gasteiger partial charge in [-0.25, -0.2) is 15.0 Å². The van der Waals surface area contributed by atoms with Crippen LogP contribution in [0.2, 0.25) is 0 Å². The summed E-state index contributed by atoms with van der Waals surface area (Å²) in [6.07, 6.45) is 0. The molecule has 0 N–H and O–H groups in total. The van der Waals surface area contributed by atoms with Gasteiger partial charge in [0.15, 0.2) is 17.5 Å².